The molecule has 2 aromatic heterocycles. The molecule has 0 aliphatic rings. The monoisotopic (exact) mass is 255 g/mol. The van der Waals surface area contributed by atoms with Gasteiger partial charge < -0.3 is 4.57 Å². The van der Waals surface area contributed by atoms with Gasteiger partial charge in [-0.2, -0.15) is 5.10 Å². The Morgan fingerprint density at radius 2 is 2.21 bits per heavy atom. The number of rotatable bonds is 2. The lowest BCUT2D eigenvalue weighted by Gasteiger charge is -2.01. The summed E-state index contributed by atoms with van der Waals surface area (Å²) in [5.74, 6) is 1.81. The third-order valence-corrected chi connectivity index (χ3v) is 2.50. The Balaban J connectivity index is 2.22. The molecular formula is C8H10BrN5. The highest BCUT2D eigenvalue weighted by Gasteiger charge is 2.05. The first-order chi connectivity index (χ1) is 6.66. The van der Waals surface area contributed by atoms with Crippen LogP contribution in [0.4, 0.5) is 0 Å². The van der Waals surface area contributed by atoms with E-state index in [2.05, 4.69) is 31.2 Å². The van der Waals surface area contributed by atoms with Gasteiger partial charge in [0.15, 0.2) is 5.82 Å². The summed E-state index contributed by atoms with van der Waals surface area (Å²) < 4.78 is 4.74. The normalized spacial score (nSPS) is 10.8. The molecule has 0 spiro atoms. The molecule has 0 fully saturated rings. The number of halogens is 1. The maximum Gasteiger partial charge on any atom is 0.154 e. The van der Waals surface area contributed by atoms with Crippen LogP contribution in [0.1, 0.15) is 11.6 Å². The summed E-state index contributed by atoms with van der Waals surface area (Å²) in [6.45, 7) is 2.57. The molecule has 0 saturated heterocycles. The number of hydrogen-bond donors (Lipinski definition) is 0. The molecule has 2 aromatic rings. The first-order valence-electron chi connectivity index (χ1n) is 4.19. The smallest absolute Gasteiger partial charge is 0.154 e. The standard InChI is InChI=1S/C8H10BrN5/c1-6-11-12-8(13(6)2)5-14-4-7(9)3-10-14/h3-4H,5H2,1-2H3. The minimum absolute atomic E-state index is 0.642. The lowest BCUT2D eigenvalue weighted by Crippen LogP contribution is -2.06. The van der Waals surface area contributed by atoms with E-state index >= 15 is 0 Å². The Labute approximate surface area is 89.9 Å². The molecule has 0 aromatic carbocycles. The SMILES string of the molecule is Cc1nnc(Cn2cc(Br)cn2)n1C. The fourth-order valence-corrected chi connectivity index (χ4v) is 1.49. The van der Waals surface area contributed by atoms with E-state index in [9.17, 15) is 0 Å². The maximum atomic E-state index is 4.15. The first-order valence-corrected chi connectivity index (χ1v) is 4.99. The van der Waals surface area contributed by atoms with E-state index in [1.807, 2.05) is 29.4 Å². The second kappa shape index (κ2) is 3.53. The van der Waals surface area contributed by atoms with Crippen LogP contribution in [0.25, 0.3) is 0 Å². The van der Waals surface area contributed by atoms with Crippen LogP contribution in [0.5, 0.6) is 0 Å². The van der Waals surface area contributed by atoms with Crippen molar-refractivity contribution in [2.24, 2.45) is 7.05 Å². The molecule has 2 rings (SSSR count). The van der Waals surface area contributed by atoms with Crippen molar-refractivity contribution in [1.29, 1.82) is 0 Å². The lowest BCUT2D eigenvalue weighted by atomic mass is 10.5. The predicted molar refractivity (Wildman–Crippen MR) is 54.8 cm³/mol. The molecule has 2 heterocycles. The van der Waals surface area contributed by atoms with Gasteiger partial charge in [0.25, 0.3) is 0 Å². The number of aromatic nitrogens is 5. The maximum absolute atomic E-state index is 4.15. The van der Waals surface area contributed by atoms with Crippen LogP contribution in [0, 0.1) is 6.92 Å². The van der Waals surface area contributed by atoms with Gasteiger partial charge in [0.1, 0.15) is 12.4 Å². The summed E-state index contributed by atoms with van der Waals surface area (Å²) in [5.41, 5.74) is 0. The number of aryl methyl sites for hydroxylation is 1. The Hall–Kier alpha value is -1.17. The van der Waals surface area contributed by atoms with Crippen molar-refractivity contribution in [3.63, 3.8) is 0 Å². The topological polar surface area (TPSA) is 48.5 Å². The number of nitrogens with zero attached hydrogens (tertiary/aromatic N) is 5. The Morgan fingerprint density at radius 3 is 2.71 bits per heavy atom. The van der Waals surface area contributed by atoms with Crippen molar-refractivity contribution >= 4 is 15.9 Å². The third kappa shape index (κ3) is 1.70. The molecule has 0 amide bonds. The van der Waals surface area contributed by atoms with Gasteiger partial charge in [-0.05, 0) is 22.9 Å². The van der Waals surface area contributed by atoms with E-state index in [-0.39, 0.29) is 0 Å². The van der Waals surface area contributed by atoms with E-state index in [0.29, 0.717) is 6.54 Å². The zero-order valence-electron chi connectivity index (χ0n) is 7.98. The molecule has 0 unspecified atom stereocenters. The van der Waals surface area contributed by atoms with E-state index < -0.39 is 0 Å². The average molecular weight is 256 g/mol. The fraction of sp³-hybridized carbons (Fsp3) is 0.375. The van der Waals surface area contributed by atoms with Gasteiger partial charge in [0.2, 0.25) is 0 Å². The molecule has 0 radical (unpaired) electrons. The van der Waals surface area contributed by atoms with Crippen molar-refractivity contribution in [3.8, 4) is 0 Å². The van der Waals surface area contributed by atoms with E-state index in [1.54, 1.807) is 6.20 Å². The predicted octanol–water partition coefficient (Wildman–Crippen LogP) is 1.13. The van der Waals surface area contributed by atoms with Crippen LogP contribution in [0.15, 0.2) is 16.9 Å². The number of hydrogen-bond acceptors (Lipinski definition) is 3. The zero-order chi connectivity index (χ0) is 10.1. The highest BCUT2D eigenvalue weighted by molar-refractivity contribution is 9.10. The fourth-order valence-electron chi connectivity index (χ4n) is 1.16. The summed E-state index contributed by atoms with van der Waals surface area (Å²) in [4.78, 5) is 0. The van der Waals surface area contributed by atoms with Gasteiger partial charge in [-0.3, -0.25) is 4.68 Å². The molecule has 74 valence electrons. The van der Waals surface area contributed by atoms with Crippen molar-refractivity contribution in [2.45, 2.75) is 13.5 Å². The highest BCUT2D eigenvalue weighted by atomic mass is 79.9. The molecule has 5 nitrogen and oxygen atoms in total. The van der Waals surface area contributed by atoms with Gasteiger partial charge in [0.05, 0.1) is 10.7 Å². The van der Waals surface area contributed by atoms with Crippen molar-refractivity contribution in [3.05, 3.63) is 28.5 Å². The van der Waals surface area contributed by atoms with Gasteiger partial charge >= 0.3 is 0 Å². The summed E-state index contributed by atoms with van der Waals surface area (Å²) in [7, 11) is 1.95. The van der Waals surface area contributed by atoms with Crippen LogP contribution >= 0.6 is 15.9 Å². The lowest BCUT2D eigenvalue weighted by molar-refractivity contribution is 0.627. The Bertz CT molecular complexity index is 444. The summed E-state index contributed by atoms with van der Waals surface area (Å²) in [5, 5.41) is 12.2. The van der Waals surface area contributed by atoms with Crippen molar-refractivity contribution in [2.75, 3.05) is 0 Å². The molecule has 0 aliphatic carbocycles. The average Bonchev–Trinajstić information content (AvgIpc) is 2.67. The molecule has 0 N–H and O–H groups in total. The van der Waals surface area contributed by atoms with Crippen molar-refractivity contribution < 1.29 is 0 Å². The van der Waals surface area contributed by atoms with Gasteiger partial charge in [-0.25, -0.2) is 0 Å². The molecule has 0 bridgehead atoms. The van der Waals surface area contributed by atoms with Crippen LogP contribution in [-0.4, -0.2) is 24.5 Å². The molecule has 0 atom stereocenters. The van der Waals surface area contributed by atoms with Crippen molar-refractivity contribution in [1.82, 2.24) is 24.5 Å². The molecular weight excluding hydrogens is 246 g/mol. The van der Waals surface area contributed by atoms with Crippen LogP contribution in [0.2, 0.25) is 0 Å². The van der Waals surface area contributed by atoms with Gasteiger partial charge in [-0.1, -0.05) is 0 Å². The minimum Gasteiger partial charge on any atom is -0.317 e. The van der Waals surface area contributed by atoms with Crippen LogP contribution in [0.3, 0.4) is 0 Å². The second-order valence-corrected chi connectivity index (χ2v) is 3.99. The van der Waals surface area contributed by atoms with Gasteiger partial charge in [0, 0.05) is 13.2 Å². The zero-order valence-corrected chi connectivity index (χ0v) is 9.56. The molecule has 0 saturated carbocycles. The Morgan fingerprint density at radius 1 is 1.43 bits per heavy atom. The van der Waals surface area contributed by atoms with Crippen LogP contribution in [-0.2, 0) is 13.6 Å². The molecule has 14 heavy (non-hydrogen) atoms. The molecule has 6 heteroatoms. The second-order valence-electron chi connectivity index (χ2n) is 3.08. The Kier molecular flexibility index (Phi) is 2.37. The van der Waals surface area contributed by atoms with Gasteiger partial charge in [-0.15, -0.1) is 10.2 Å². The first kappa shape index (κ1) is 9.39. The van der Waals surface area contributed by atoms with Crippen LogP contribution < -0.4 is 0 Å². The third-order valence-electron chi connectivity index (χ3n) is 2.09. The summed E-state index contributed by atoms with van der Waals surface area (Å²) in [6.07, 6.45) is 3.66. The largest absolute Gasteiger partial charge is 0.317 e. The summed E-state index contributed by atoms with van der Waals surface area (Å²) in [6, 6.07) is 0. The van der Waals surface area contributed by atoms with E-state index in [1.165, 1.54) is 0 Å². The molecule has 0 aliphatic heterocycles. The quantitative estimate of drug-likeness (QED) is 0.809. The summed E-state index contributed by atoms with van der Waals surface area (Å²) >= 11 is 3.34. The van der Waals surface area contributed by atoms with E-state index in [0.717, 1.165) is 16.1 Å². The minimum atomic E-state index is 0.642. The highest BCUT2D eigenvalue weighted by Crippen LogP contribution is 2.07. The van der Waals surface area contributed by atoms with E-state index in [4.69, 9.17) is 0 Å².